The van der Waals surface area contributed by atoms with Crippen molar-refractivity contribution in [3.8, 4) is 22.3 Å². The van der Waals surface area contributed by atoms with Gasteiger partial charge in [0.2, 0.25) is 0 Å². The maximum absolute atomic E-state index is 3.77. The summed E-state index contributed by atoms with van der Waals surface area (Å²) in [4.78, 5) is 0. The van der Waals surface area contributed by atoms with Crippen molar-refractivity contribution in [2.75, 3.05) is 5.32 Å². The first-order valence-electron chi connectivity index (χ1n) is 14.9. The van der Waals surface area contributed by atoms with E-state index in [9.17, 15) is 0 Å². The second-order valence-electron chi connectivity index (χ2n) is 12.7. The minimum atomic E-state index is 0.219. The number of hydrogen-bond donors (Lipinski definition) is 1. The molecule has 0 amide bonds. The third-order valence-electron chi connectivity index (χ3n) is 10.8. The molecule has 0 heterocycles. The first-order chi connectivity index (χ1) is 19.3. The van der Waals surface area contributed by atoms with Crippen molar-refractivity contribution >= 4 is 22.1 Å². The third-order valence-corrected chi connectivity index (χ3v) is 10.8. The maximum Gasteiger partial charge on any atom is 0.0387 e. The fourth-order valence-corrected chi connectivity index (χ4v) is 9.51. The van der Waals surface area contributed by atoms with Crippen LogP contribution in [0.1, 0.15) is 43.2 Å². The van der Waals surface area contributed by atoms with E-state index in [1.807, 2.05) is 0 Å². The highest BCUT2D eigenvalue weighted by Crippen LogP contribution is 2.69. The van der Waals surface area contributed by atoms with Crippen LogP contribution in [0.25, 0.3) is 33.0 Å². The molecule has 0 aromatic heterocycles. The summed E-state index contributed by atoms with van der Waals surface area (Å²) in [7, 11) is 0. The molecule has 1 heteroatoms. The van der Waals surface area contributed by atoms with Gasteiger partial charge in [0.05, 0.1) is 0 Å². The molecule has 39 heavy (non-hydrogen) atoms. The summed E-state index contributed by atoms with van der Waals surface area (Å²) < 4.78 is 0. The minimum absolute atomic E-state index is 0.219. The van der Waals surface area contributed by atoms with E-state index < -0.39 is 0 Å². The molecular weight excluding hydrogens is 470 g/mol. The molecular formula is C38H33N. The largest absolute Gasteiger partial charge is 0.356 e. The summed E-state index contributed by atoms with van der Waals surface area (Å²) in [5, 5.41) is 6.35. The van der Waals surface area contributed by atoms with Crippen LogP contribution in [-0.4, -0.2) is 0 Å². The van der Waals surface area contributed by atoms with Gasteiger partial charge in [-0.15, -0.1) is 0 Å². The smallest absolute Gasteiger partial charge is 0.0387 e. The zero-order chi connectivity index (χ0) is 25.6. The average Bonchev–Trinajstić information content (AvgIpc) is 3.26. The van der Waals surface area contributed by atoms with Crippen LogP contribution in [0.5, 0.6) is 0 Å². The third kappa shape index (κ3) is 3.13. The summed E-state index contributed by atoms with van der Waals surface area (Å²) >= 11 is 0. The Hall–Kier alpha value is -3.84. The van der Waals surface area contributed by atoms with Crippen LogP contribution in [0.4, 0.5) is 11.4 Å². The Morgan fingerprint density at radius 2 is 1.13 bits per heavy atom. The van der Waals surface area contributed by atoms with E-state index >= 15 is 0 Å². The SMILES string of the molecule is c1ccc2c(c1)-c1ccc(Nc3ccc(-c4ccc5ccccc5c4)cc3)cc1C21C2CC3CC(C2)CC1C3. The van der Waals surface area contributed by atoms with Crippen LogP contribution < -0.4 is 5.32 Å². The zero-order valence-electron chi connectivity index (χ0n) is 22.2. The van der Waals surface area contributed by atoms with E-state index in [1.165, 1.54) is 70.8 Å². The molecule has 5 aliphatic carbocycles. The molecule has 1 nitrogen and oxygen atoms in total. The molecule has 0 atom stereocenters. The summed E-state index contributed by atoms with van der Waals surface area (Å²) in [5.74, 6) is 3.54. The quantitative estimate of drug-likeness (QED) is 0.258. The molecule has 4 saturated carbocycles. The van der Waals surface area contributed by atoms with Crippen LogP contribution in [-0.2, 0) is 5.41 Å². The lowest BCUT2D eigenvalue weighted by Gasteiger charge is -2.61. The van der Waals surface area contributed by atoms with Gasteiger partial charge in [-0.25, -0.2) is 0 Å². The molecule has 10 rings (SSSR count). The Morgan fingerprint density at radius 3 is 1.92 bits per heavy atom. The van der Waals surface area contributed by atoms with Crippen molar-refractivity contribution in [3.05, 3.63) is 120 Å². The zero-order valence-corrected chi connectivity index (χ0v) is 22.2. The molecule has 0 saturated heterocycles. The predicted octanol–water partition coefficient (Wildman–Crippen LogP) is 9.97. The molecule has 1 spiro atoms. The standard InChI is InChI=1S/C38H33N/c1-2-6-28-22-29(10-9-26(28)5-1)27-11-13-32(14-12-27)39-33-15-16-35-34-7-3-4-8-36(34)38(37(35)23-33)30-18-24-17-25(20-30)21-31(38)19-24/h1-16,22-25,30-31,39H,17-21H2. The van der Waals surface area contributed by atoms with E-state index in [1.54, 1.807) is 11.1 Å². The predicted molar refractivity (Wildman–Crippen MR) is 162 cm³/mol. The Kier molecular flexibility index (Phi) is 4.57. The van der Waals surface area contributed by atoms with Gasteiger partial charge in [0.25, 0.3) is 0 Å². The molecule has 5 aromatic rings. The van der Waals surface area contributed by atoms with Crippen molar-refractivity contribution in [1.82, 2.24) is 0 Å². The lowest BCUT2D eigenvalue weighted by Crippen LogP contribution is -2.55. The summed E-state index contributed by atoms with van der Waals surface area (Å²) in [6.45, 7) is 0. The summed E-state index contributed by atoms with van der Waals surface area (Å²) in [6.07, 6.45) is 7.20. The molecule has 0 aliphatic heterocycles. The second kappa shape index (κ2) is 8.09. The minimum Gasteiger partial charge on any atom is -0.356 e. The van der Waals surface area contributed by atoms with Crippen LogP contribution in [0.2, 0.25) is 0 Å². The number of anilines is 2. The number of benzene rings is 5. The van der Waals surface area contributed by atoms with E-state index in [0.29, 0.717) is 0 Å². The normalized spacial score (nSPS) is 27.6. The van der Waals surface area contributed by atoms with E-state index in [0.717, 1.165) is 29.4 Å². The average molecular weight is 504 g/mol. The molecule has 5 aromatic carbocycles. The Labute approximate surface area is 230 Å². The Bertz CT molecular complexity index is 1720. The number of hydrogen-bond acceptors (Lipinski definition) is 1. The molecule has 5 aliphatic rings. The van der Waals surface area contributed by atoms with E-state index in [-0.39, 0.29) is 5.41 Å². The van der Waals surface area contributed by atoms with Crippen molar-refractivity contribution < 1.29 is 0 Å². The van der Waals surface area contributed by atoms with Crippen molar-refractivity contribution in [2.45, 2.75) is 37.5 Å². The van der Waals surface area contributed by atoms with Gasteiger partial charge in [0.15, 0.2) is 0 Å². The van der Waals surface area contributed by atoms with E-state index in [4.69, 9.17) is 0 Å². The van der Waals surface area contributed by atoms with Crippen molar-refractivity contribution in [3.63, 3.8) is 0 Å². The van der Waals surface area contributed by atoms with Crippen LogP contribution in [0.15, 0.2) is 109 Å². The first-order valence-corrected chi connectivity index (χ1v) is 14.9. The fourth-order valence-electron chi connectivity index (χ4n) is 9.51. The molecule has 0 radical (unpaired) electrons. The summed E-state index contributed by atoms with van der Waals surface area (Å²) in [6, 6.07) is 40.9. The van der Waals surface area contributed by atoms with Crippen LogP contribution >= 0.6 is 0 Å². The fraction of sp³-hybridized carbons (Fsp3) is 0.263. The number of nitrogens with one attached hydrogen (secondary N) is 1. The van der Waals surface area contributed by atoms with Gasteiger partial charge in [-0.1, -0.05) is 78.9 Å². The maximum atomic E-state index is 3.77. The van der Waals surface area contributed by atoms with Gasteiger partial charge in [-0.05, 0) is 130 Å². The van der Waals surface area contributed by atoms with Crippen LogP contribution in [0.3, 0.4) is 0 Å². The van der Waals surface area contributed by atoms with Gasteiger partial charge in [-0.3, -0.25) is 0 Å². The van der Waals surface area contributed by atoms with Crippen LogP contribution in [0, 0.1) is 23.7 Å². The number of fused-ring (bicyclic) bond motifs is 4. The monoisotopic (exact) mass is 503 g/mol. The highest BCUT2D eigenvalue weighted by molar-refractivity contribution is 5.88. The molecule has 190 valence electrons. The van der Waals surface area contributed by atoms with Crippen molar-refractivity contribution in [1.29, 1.82) is 0 Å². The summed E-state index contributed by atoms with van der Waals surface area (Å²) in [5.41, 5.74) is 11.3. The molecule has 1 N–H and O–H groups in total. The highest BCUT2D eigenvalue weighted by Gasteiger charge is 2.61. The highest BCUT2D eigenvalue weighted by atomic mass is 14.9. The van der Waals surface area contributed by atoms with Gasteiger partial charge in [0.1, 0.15) is 0 Å². The first kappa shape index (κ1) is 22.0. The van der Waals surface area contributed by atoms with Gasteiger partial charge in [-0.2, -0.15) is 0 Å². The molecule has 4 fully saturated rings. The number of rotatable bonds is 3. The Morgan fingerprint density at radius 1 is 0.487 bits per heavy atom. The topological polar surface area (TPSA) is 12.0 Å². The lowest BCUT2D eigenvalue weighted by atomic mass is 9.43. The van der Waals surface area contributed by atoms with Gasteiger partial charge in [0, 0.05) is 16.8 Å². The van der Waals surface area contributed by atoms with Gasteiger partial charge < -0.3 is 5.32 Å². The van der Waals surface area contributed by atoms with E-state index in [2.05, 4.69) is 115 Å². The molecule has 0 unspecified atom stereocenters. The van der Waals surface area contributed by atoms with Crippen molar-refractivity contribution in [2.24, 2.45) is 23.7 Å². The van der Waals surface area contributed by atoms with Gasteiger partial charge >= 0.3 is 0 Å². The Balaban J connectivity index is 1.07. The lowest BCUT2D eigenvalue weighted by molar-refractivity contribution is -0.0399. The molecule has 4 bridgehead atoms. The second-order valence-corrected chi connectivity index (χ2v) is 12.7.